The van der Waals surface area contributed by atoms with Gasteiger partial charge in [0.2, 0.25) is 0 Å². The number of nitrogens with zero attached hydrogens (tertiary/aromatic N) is 2. The second-order valence-corrected chi connectivity index (χ2v) is 7.18. The highest BCUT2D eigenvalue weighted by molar-refractivity contribution is 14.0. The molecule has 4 N–H and O–H groups in total. The van der Waals surface area contributed by atoms with E-state index in [0.717, 1.165) is 57.0 Å². The third kappa shape index (κ3) is 7.50. The molecule has 158 valence electrons. The van der Waals surface area contributed by atoms with Crippen molar-refractivity contribution in [2.24, 2.45) is 10.7 Å². The molecule has 0 saturated carbocycles. The van der Waals surface area contributed by atoms with Crippen LogP contribution in [0.25, 0.3) is 0 Å². The molecule has 0 aliphatic carbocycles. The largest absolute Gasteiger partial charge is 0.469 e. The highest BCUT2D eigenvalue weighted by atomic mass is 127. The van der Waals surface area contributed by atoms with E-state index in [9.17, 15) is 4.79 Å². The van der Waals surface area contributed by atoms with E-state index in [-0.39, 0.29) is 42.2 Å². The van der Waals surface area contributed by atoms with Crippen LogP contribution >= 0.6 is 24.0 Å². The number of amides is 2. The van der Waals surface area contributed by atoms with Crippen LogP contribution in [0.1, 0.15) is 37.9 Å². The van der Waals surface area contributed by atoms with Crippen molar-refractivity contribution in [1.29, 1.82) is 0 Å². The number of aliphatic imine (C=N–C) groups is 1. The summed E-state index contributed by atoms with van der Waals surface area (Å²) in [6, 6.07) is 3.81. The van der Waals surface area contributed by atoms with E-state index in [1.54, 1.807) is 11.2 Å². The van der Waals surface area contributed by atoms with Gasteiger partial charge in [-0.15, -0.1) is 24.0 Å². The van der Waals surface area contributed by atoms with Crippen molar-refractivity contribution in [3.63, 3.8) is 0 Å². The minimum absolute atomic E-state index is 0. The number of nitrogens with two attached hydrogens (primary N) is 1. The Bertz CT molecular complexity index is 597. The molecule has 2 saturated heterocycles. The monoisotopic (exact) mass is 505 g/mol. The van der Waals surface area contributed by atoms with Crippen LogP contribution in [0, 0.1) is 0 Å². The number of primary amides is 1. The molecule has 1 aromatic rings. The van der Waals surface area contributed by atoms with Crippen molar-refractivity contribution in [3.05, 3.63) is 24.2 Å². The SMILES string of the molecule is I.NC(=O)N1CCC(NC(=NCC2CCCCO2)NCCc2ccco2)CC1. The normalized spacial score (nSPS) is 21.1. The Morgan fingerprint density at radius 2 is 2.11 bits per heavy atom. The predicted octanol–water partition coefficient (Wildman–Crippen LogP) is 2.09. The first-order chi connectivity index (χ1) is 13.2. The Hall–Kier alpha value is -1.49. The van der Waals surface area contributed by atoms with Gasteiger partial charge < -0.3 is 30.4 Å². The van der Waals surface area contributed by atoms with E-state index in [1.165, 1.54) is 6.42 Å². The lowest BCUT2D eigenvalue weighted by Gasteiger charge is -2.32. The van der Waals surface area contributed by atoms with E-state index in [2.05, 4.69) is 10.6 Å². The standard InChI is InChI=1S/C19H31N5O3.HI/c20-18(25)24-10-7-15(8-11-24)23-19(21-9-6-16-5-3-13-26-16)22-14-17-4-1-2-12-27-17;/h3,5,13,15,17H,1-2,4,6-12,14H2,(H2,20,25)(H2,21,22,23);1H. The van der Waals surface area contributed by atoms with Crippen molar-refractivity contribution in [3.8, 4) is 0 Å². The van der Waals surface area contributed by atoms with Gasteiger partial charge in [0.1, 0.15) is 5.76 Å². The summed E-state index contributed by atoms with van der Waals surface area (Å²) in [7, 11) is 0. The number of hydrogen-bond donors (Lipinski definition) is 3. The summed E-state index contributed by atoms with van der Waals surface area (Å²) < 4.78 is 11.2. The summed E-state index contributed by atoms with van der Waals surface area (Å²) in [5.41, 5.74) is 5.36. The zero-order valence-corrected chi connectivity index (χ0v) is 18.6. The van der Waals surface area contributed by atoms with Gasteiger partial charge in [0, 0.05) is 38.7 Å². The van der Waals surface area contributed by atoms with Gasteiger partial charge in [-0.25, -0.2) is 4.79 Å². The van der Waals surface area contributed by atoms with Gasteiger partial charge >= 0.3 is 6.03 Å². The van der Waals surface area contributed by atoms with Crippen molar-refractivity contribution in [2.45, 2.75) is 50.7 Å². The zero-order valence-electron chi connectivity index (χ0n) is 16.3. The molecule has 2 amide bonds. The maximum atomic E-state index is 11.3. The number of likely N-dealkylation sites (tertiary alicyclic amines) is 1. The van der Waals surface area contributed by atoms with Crippen molar-refractivity contribution in [1.82, 2.24) is 15.5 Å². The molecule has 0 bridgehead atoms. The molecule has 28 heavy (non-hydrogen) atoms. The lowest BCUT2D eigenvalue weighted by Crippen LogP contribution is -2.51. The molecule has 1 atom stereocenters. The van der Waals surface area contributed by atoms with Crippen LogP contribution < -0.4 is 16.4 Å². The Labute approximate surface area is 183 Å². The van der Waals surface area contributed by atoms with E-state index in [1.807, 2.05) is 12.1 Å². The fourth-order valence-electron chi connectivity index (χ4n) is 3.49. The number of hydrogen-bond acceptors (Lipinski definition) is 4. The molecule has 9 heteroatoms. The number of piperidine rings is 1. The second-order valence-electron chi connectivity index (χ2n) is 7.18. The molecule has 2 aliphatic heterocycles. The maximum absolute atomic E-state index is 11.3. The minimum Gasteiger partial charge on any atom is -0.469 e. The Morgan fingerprint density at radius 3 is 2.75 bits per heavy atom. The number of guanidine groups is 1. The summed E-state index contributed by atoms with van der Waals surface area (Å²) in [6.07, 6.45) is 7.84. The molecule has 3 rings (SSSR count). The summed E-state index contributed by atoms with van der Waals surface area (Å²) in [5.74, 6) is 1.75. The fraction of sp³-hybridized carbons (Fsp3) is 0.684. The molecule has 8 nitrogen and oxygen atoms in total. The Morgan fingerprint density at radius 1 is 1.29 bits per heavy atom. The van der Waals surface area contributed by atoms with Crippen LogP contribution in [-0.2, 0) is 11.2 Å². The predicted molar refractivity (Wildman–Crippen MR) is 119 cm³/mol. The average molecular weight is 505 g/mol. The number of ether oxygens (including phenoxy) is 1. The molecule has 0 radical (unpaired) electrons. The van der Waals surface area contributed by atoms with Gasteiger partial charge in [-0.1, -0.05) is 0 Å². The summed E-state index contributed by atoms with van der Waals surface area (Å²) in [6.45, 7) is 3.60. The first-order valence-electron chi connectivity index (χ1n) is 9.94. The molecular weight excluding hydrogens is 473 g/mol. The maximum Gasteiger partial charge on any atom is 0.314 e. The Balaban J connectivity index is 0.00000280. The first kappa shape index (κ1) is 22.8. The van der Waals surface area contributed by atoms with Crippen LogP contribution in [0.4, 0.5) is 4.79 Å². The summed E-state index contributed by atoms with van der Waals surface area (Å²) in [4.78, 5) is 17.7. The van der Waals surface area contributed by atoms with Crippen LogP contribution in [0.15, 0.2) is 27.8 Å². The number of furan rings is 1. The third-order valence-corrected chi connectivity index (χ3v) is 5.12. The topological polar surface area (TPSA) is 105 Å². The quantitative estimate of drug-likeness (QED) is 0.312. The Kier molecular flexibility index (Phi) is 9.89. The minimum atomic E-state index is -0.339. The molecular formula is C19H32IN5O3. The van der Waals surface area contributed by atoms with E-state index in [4.69, 9.17) is 19.9 Å². The van der Waals surface area contributed by atoms with E-state index in [0.29, 0.717) is 19.6 Å². The number of rotatable bonds is 6. The molecule has 2 fully saturated rings. The number of halogens is 1. The molecule has 3 heterocycles. The second kappa shape index (κ2) is 12.2. The van der Waals surface area contributed by atoms with Gasteiger partial charge in [0.25, 0.3) is 0 Å². The number of nitrogens with one attached hydrogen (secondary N) is 2. The van der Waals surface area contributed by atoms with Gasteiger partial charge in [0.15, 0.2) is 5.96 Å². The van der Waals surface area contributed by atoms with E-state index >= 15 is 0 Å². The van der Waals surface area contributed by atoms with Crippen molar-refractivity contribution >= 4 is 36.0 Å². The lowest BCUT2D eigenvalue weighted by molar-refractivity contribution is 0.0224. The van der Waals surface area contributed by atoms with Crippen LogP contribution in [0.5, 0.6) is 0 Å². The highest BCUT2D eigenvalue weighted by Crippen LogP contribution is 2.13. The summed E-state index contributed by atoms with van der Waals surface area (Å²) in [5, 5.41) is 6.91. The van der Waals surface area contributed by atoms with E-state index < -0.39 is 0 Å². The van der Waals surface area contributed by atoms with Crippen LogP contribution in [0.3, 0.4) is 0 Å². The van der Waals surface area contributed by atoms with Crippen molar-refractivity contribution < 1.29 is 13.9 Å². The molecule has 1 unspecified atom stereocenters. The third-order valence-electron chi connectivity index (χ3n) is 5.12. The van der Waals surface area contributed by atoms with Gasteiger partial charge in [-0.05, 0) is 44.2 Å². The molecule has 0 spiro atoms. The molecule has 1 aromatic heterocycles. The lowest BCUT2D eigenvalue weighted by atomic mass is 10.1. The zero-order chi connectivity index (χ0) is 18.9. The van der Waals surface area contributed by atoms with Gasteiger partial charge in [0.05, 0.1) is 18.9 Å². The smallest absolute Gasteiger partial charge is 0.314 e. The molecule has 2 aliphatic rings. The molecule has 0 aromatic carbocycles. The summed E-state index contributed by atoms with van der Waals surface area (Å²) >= 11 is 0. The van der Waals surface area contributed by atoms with Gasteiger partial charge in [-0.2, -0.15) is 0 Å². The average Bonchev–Trinajstić information content (AvgIpc) is 3.21. The van der Waals surface area contributed by atoms with Gasteiger partial charge in [-0.3, -0.25) is 4.99 Å². The number of carbonyl (C=O) groups is 1. The van der Waals surface area contributed by atoms with Crippen LogP contribution in [0.2, 0.25) is 0 Å². The number of urea groups is 1. The first-order valence-corrected chi connectivity index (χ1v) is 9.94. The highest BCUT2D eigenvalue weighted by Gasteiger charge is 2.22. The number of carbonyl (C=O) groups excluding carboxylic acids is 1. The van der Waals surface area contributed by atoms with Crippen LogP contribution in [-0.4, -0.2) is 61.8 Å². The fourth-order valence-corrected chi connectivity index (χ4v) is 3.49. The van der Waals surface area contributed by atoms with Crippen molar-refractivity contribution in [2.75, 3.05) is 32.8 Å².